The molecule has 1 fully saturated rings. The Balaban J connectivity index is 1.25. The van der Waals surface area contributed by atoms with E-state index in [-0.39, 0.29) is 0 Å². The first-order valence-electron chi connectivity index (χ1n) is 13.0. The molecule has 1 aliphatic carbocycles. The van der Waals surface area contributed by atoms with Gasteiger partial charge < -0.3 is 14.0 Å². The van der Waals surface area contributed by atoms with E-state index in [9.17, 15) is 0 Å². The van der Waals surface area contributed by atoms with Crippen molar-refractivity contribution in [1.82, 2.24) is 9.47 Å². The standard InChI is InChI=1S/C31H34N2O2/c1-34-26-14-16-27-24(21-26)11-15-29-28-7-3-4-8-30(28)33(31(27)29)22-23-9-12-25(13-10-23)35-20-19-32-17-5-2-6-18-32/h3-4,7-10,12-14,16,21H,2,5-6,11,15,17-20,22H2,1H3. The van der Waals surface area contributed by atoms with Gasteiger partial charge in [0.25, 0.3) is 0 Å². The lowest BCUT2D eigenvalue weighted by Crippen LogP contribution is -2.33. The Morgan fingerprint density at radius 1 is 0.829 bits per heavy atom. The molecule has 3 aromatic carbocycles. The Hall–Kier alpha value is -3.24. The van der Waals surface area contributed by atoms with Crippen LogP contribution in [0.3, 0.4) is 0 Å². The zero-order valence-corrected chi connectivity index (χ0v) is 20.6. The largest absolute Gasteiger partial charge is 0.497 e. The Labute approximate surface area is 208 Å². The second-order valence-electron chi connectivity index (χ2n) is 9.85. The summed E-state index contributed by atoms with van der Waals surface area (Å²) in [7, 11) is 1.74. The maximum absolute atomic E-state index is 6.07. The number of rotatable bonds is 7. The molecule has 1 aromatic heterocycles. The van der Waals surface area contributed by atoms with Crippen LogP contribution in [-0.2, 0) is 19.4 Å². The summed E-state index contributed by atoms with van der Waals surface area (Å²) >= 11 is 0. The van der Waals surface area contributed by atoms with Gasteiger partial charge in [-0.25, -0.2) is 0 Å². The fraction of sp³-hybridized carbons (Fsp3) is 0.355. The second kappa shape index (κ2) is 9.79. The van der Waals surface area contributed by atoms with E-state index in [0.29, 0.717) is 0 Å². The maximum atomic E-state index is 6.07. The van der Waals surface area contributed by atoms with Crippen LogP contribution >= 0.6 is 0 Å². The first-order chi connectivity index (χ1) is 17.3. The molecule has 1 aliphatic heterocycles. The van der Waals surface area contributed by atoms with E-state index in [2.05, 4.69) is 76.2 Å². The summed E-state index contributed by atoms with van der Waals surface area (Å²) in [6.07, 6.45) is 6.14. The van der Waals surface area contributed by atoms with E-state index in [1.165, 1.54) is 71.2 Å². The zero-order valence-electron chi connectivity index (χ0n) is 20.6. The highest BCUT2D eigenvalue weighted by atomic mass is 16.5. The molecular formula is C31H34N2O2. The molecule has 0 spiro atoms. The molecule has 0 radical (unpaired) electrons. The molecule has 2 aliphatic rings. The van der Waals surface area contributed by atoms with Crippen LogP contribution < -0.4 is 9.47 Å². The number of fused-ring (bicyclic) bond motifs is 5. The molecule has 0 amide bonds. The highest BCUT2D eigenvalue weighted by molar-refractivity contribution is 5.93. The van der Waals surface area contributed by atoms with E-state index in [4.69, 9.17) is 9.47 Å². The third kappa shape index (κ3) is 4.43. The smallest absolute Gasteiger partial charge is 0.119 e. The topological polar surface area (TPSA) is 26.6 Å². The van der Waals surface area contributed by atoms with Crippen LogP contribution in [0.5, 0.6) is 11.5 Å². The summed E-state index contributed by atoms with van der Waals surface area (Å²) in [6.45, 7) is 5.05. The van der Waals surface area contributed by atoms with Gasteiger partial charge in [-0.15, -0.1) is 0 Å². The number of para-hydroxylation sites is 1. The number of piperidine rings is 1. The number of aryl methyl sites for hydroxylation is 2. The van der Waals surface area contributed by atoms with Gasteiger partial charge >= 0.3 is 0 Å². The highest BCUT2D eigenvalue weighted by Crippen LogP contribution is 2.41. The van der Waals surface area contributed by atoms with Gasteiger partial charge in [0.05, 0.1) is 12.8 Å². The monoisotopic (exact) mass is 466 g/mol. The summed E-state index contributed by atoms with van der Waals surface area (Å²) < 4.78 is 14.1. The van der Waals surface area contributed by atoms with Gasteiger partial charge in [0.15, 0.2) is 0 Å². The second-order valence-corrected chi connectivity index (χ2v) is 9.85. The summed E-state index contributed by atoms with van der Waals surface area (Å²) in [5.74, 6) is 1.90. The molecule has 0 atom stereocenters. The Bertz CT molecular complexity index is 1320. The minimum Gasteiger partial charge on any atom is -0.497 e. The summed E-state index contributed by atoms with van der Waals surface area (Å²) in [4.78, 5) is 2.52. The van der Waals surface area contributed by atoms with Crippen LogP contribution in [0.4, 0.5) is 0 Å². The Kier molecular flexibility index (Phi) is 6.22. The molecule has 0 N–H and O–H groups in total. The van der Waals surface area contributed by atoms with Gasteiger partial charge in [-0.05, 0) is 91.9 Å². The van der Waals surface area contributed by atoms with Crippen molar-refractivity contribution in [3.05, 3.63) is 83.4 Å². The predicted molar refractivity (Wildman–Crippen MR) is 143 cm³/mol. The zero-order chi connectivity index (χ0) is 23.6. The SMILES string of the molecule is COc1ccc2c(c1)CCc1c-2n(Cc2ccc(OCCN3CCCCC3)cc2)c2ccccc12. The number of nitrogens with zero attached hydrogens (tertiary/aromatic N) is 2. The third-order valence-corrected chi connectivity index (χ3v) is 7.68. The van der Waals surface area contributed by atoms with Crippen LogP contribution in [0.2, 0.25) is 0 Å². The summed E-state index contributed by atoms with van der Waals surface area (Å²) in [6, 6.07) is 24.1. The normalized spacial score (nSPS) is 15.6. The lowest BCUT2D eigenvalue weighted by molar-refractivity contribution is 0.183. The third-order valence-electron chi connectivity index (χ3n) is 7.68. The van der Waals surface area contributed by atoms with Crippen molar-refractivity contribution in [1.29, 1.82) is 0 Å². The van der Waals surface area contributed by atoms with Crippen molar-refractivity contribution in [2.45, 2.75) is 38.6 Å². The van der Waals surface area contributed by atoms with Gasteiger partial charge in [-0.1, -0.05) is 36.8 Å². The summed E-state index contributed by atoms with van der Waals surface area (Å²) in [5.41, 5.74) is 8.13. The summed E-state index contributed by atoms with van der Waals surface area (Å²) in [5, 5.41) is 1.38. The molecule has 180 valence electrons. The van der Waals surface area contributed by atoms with E-state index in [1.54, 1.807) is 7.11 Å². The van der Waals surface area contributed by atoms with Crippen molar-refractivity contribution in [3.63, 3.8) is 0 Å². The molecule has 2 heterocycles. The molecule has 6 rings (SSSR count). The molecule has 4 nitrogen and oxygen atoms in total. The molecule has 0 bridgehead atoms. The predicted octanol–water partition coefficient (Wildman–Crippen LogP) is 6.33. The molecule has 4 heteroatoms. The number of ether oxygens (including phenoxy) is 2. The van der Waals surface area contributed by atoms with E-state index in [1.807, 2.05) is 0 Å². The number of methoxy groups -OCH3 is 1. The minimum atomic E-state index is 0.759. The maximum Gasteiger partial charge on any atom is 0.119 e. The fourth-order valence-corrected chi connectivity index (χ4v) is 5.84. The average Bonchev–Trinajstić information content (AvgIpc) is 3.23. The van der Waals surface area contributed by atoms with Gasteiger partial charge in [0, 0.05) is 29.6 Å². The van der Waals surface area contributed by atoms with Crippen molar-refractivity contribution in [2.75, 3.05) is 33.4 Å². The lowest BCUT2D eigenvalue weighted by Gasteiger charge is -2.26. The lowest BCUT2D eigenvalue weighted by atomic mass is 9.88. The van der Waals surface area contributed by atoms with Crippen molar-refractivity contribution < 1.29 is 9.47 Å². The van der Waals surface area contributed by atoms with Gasteiger partial charge in [0.1, 0.15) is 18.1 Å². The van der Waals surface area contributed by atoms with Gasteiger partial charge in [-0.3, -0.25) is 4.90 Å². The molecule has 1 saturated heterocycles. The van der Waals surface area contributed by atoms with Crippen LogP contribution in [0, 0.1) is 0 Å². The Morgan fingerprint density at radius 2 is 1.63 bits per heavy atom. The van der Waals surface area contributed by atoms with Crippen LogP contribution in [0.1, 0.15) is 36.0 Å². The number of likely N-dealkylation sites (tertiary alicyclic amines) is 1. The van der Waals surface area contributed by atoms with Crippen LogP contribution in [-0.4, -0.2) is 42.8 Å². The van der Waals surface area contributed by atoms with E-state index in [0.717, 1.165) is 44.0 Å². The first kappa shape index (κ1) is 22.2. The average molecular weight is 467 g/mol. The van der Waals surface area contributed by atoms with Crippen molar-refractivity contribution >= 4 is 10.9 Å². The van der Waals surface area contributed by atoms with E-state index >= 15 is 0 Å². The van der Waals surface area contributed by atoms with Crippen LogP contribution in [0.15, 0.2) is 66.7 Å². The van der Waals surface area contributed by atoms with Gasteiger partial charge in [-0.2, -0.15) is 0 Å². The molecule has 0 unspecified atom stereocenters. The Morgan fingerprint density at radius 3 is 2.46 bits per heavy atom. The number of aromatic nitrogens is 1. The first-order valence-corrected chi connectivity index (χ1v) is 13.0. The van der Waals surface area contributed by atoms with E-state index < -0.39 is 0 Å². The van der Waals surface area contributed by atoms with Crippen LogP contribution in [0.25, 0.3) is 22.2 Å². The quantitative estimate of drug-likeness (QED) is 0.318. The number of benzene rings is 3. The number of hydrogen-bond donors (Lipinski definition) is 0. The molecular weight excluding hydrogens is 432 g/mol. The van der Waals surface area contributed by atoms with Crippen molar-refractivity contribution in [3.8, 4) is 22.8 Å². The highest BCUT2D eigenvalue weighted by Gasteiger charge is 2.24. The molecule has 35 heavy (non-hydrogen) atoms. The molecule has 4 aromatic rings. The van der Waals surface area contributed by atoms with Gasteiger partial charge in [0.2, 0.25) is 0 Å². The fourth-order valence-electron chi connectivity index (χ4n) is 5.84. The number of hydrogen-bond acceptors (Lipinski definition) is 3. The minimum absolute atomic E-state index is 0.759. The molecule has 0 saturated carbocycles. The van der Waals surface area contributed by atoms with Crippen molar-refractivity contribution in [2.24, 2.45) is 0 Å².